The van der Waals surface area contributed by atoms with Crippen LogP contribution in [0.5, 0.6) is 0 Å². The molecule has 0 spiro atoms. The van der Waals surface area contributed by atoms with Crippen molar-refractivity contribution in [1.29, 1.82) is 5.26 Å². The molecule has 1 N–H and O–H groups in total. The van der Waals surface area contributed by atoms with Crippen LogP contribution in [-0.4, -0.2) is 20.4 Å². The summed E-state index contributed by atoms with van der Waals surface area (Å²) in [5.74, 6) is 0. The van der Waals surface area contributed by atoms with Gasteiger partial charge >= 0.3 is 0 Å². The van der Waals surface area contributed by atoms with Crippen molar-refractivity contribution in [2.24, 2.45) is 0 Å². The van der Waals surface area contributed by atoms with Gasteiger partial charge < -0.3 is 4.72 Å². The highest BCUT2D eigenvalue weighted by molar-refractivity contribution is 7.85. The minimum absolute atomic E-state index is 0.237. The molecule has 0 saturated carbocycles. The Kier molecular flexibility index (Phi) is 4.67. The number of pyridine rings is 2. The monoisotopic (exact) mass is 376 g/mol. The molecule has 0 amide bonds. The number of aromatic nitrogens is 2. The van der Waals surface area contributed by atoms with E-state index in [0.717, 1.165) is 11.1 Å². The van der Waals surface area contributed by atoms with Gasteiger partial charge in [-0.3, -0.25) is 4.98 Å². The fraction of sp³-hybridized carbons (Fsp3) is 0.0625. The molecule has 0 radical (unpaired) electrons. The normalized spacial score (nSPS) is 11.9. The van der Waals surface area contributed by atoms with Gasteiger partial charge in [-0.25, -0.2) is 9.19 Å². The molecular formula is C16H10Cl2N4OS. The van der Waals surface area contributed by atoms with Gasteiger partial charge in [-0.05, 0) is 23.8 Å². The number of anilines is 1. The van der Waals surface area contributed by atoms with Crippen molar-refractivity contribution in [3.05, 3.63) is 52.4 Å². The van der Waals surface area contributed by atoms with Crippen molar-refractivity contribution >= 4 is 50.8 Å². The van der Waals surface area contributed by atoms with Crippen LogP contribution in [0, 0.1) is 11.3 Å². The zero-order valence-corrected chi connectivity index (χ0v) is 14.7. The average molecular weight is 377 g/mol. The minimum Gasteiger partial charge on any atom is -0.302 e. The third-order valence-corrected chi connectivity index (χ3v) is 4.56. The van der Waals surface area contributed by atoms with Gasteiger partial charge in [-0.1, -0.05) is 29.3 Å². The maximum Gasteiger partial charge on any atom is 0.153 e. The quantitative estimate of drug-likeness (QED) is 0.695. The molecule has 1 aromatic carbocycles. The smallest absolute Gasteiger partial charge is 0.153 e. The number of rotatable bonds is 3. The fourth-order valence-corrected chi connectivity index (χ4v) is 3.16. The number of nitrogens with one attached hydrogen (secondary N) is 1. The van der Waals surface area contributed by atoms with Gasteiger partial charge in [0.25, 0.3) is 0 Å². The number of nitrogens with zero attached hydrogens (tertiary/aromatic N) is 3. The second-order valence-corrected chi connectivity index (χ2v) is 6.80. The Morgan fingerprint density at radius 2 is 1.96 bits per heavy atom. The highest BCUT2D eigenvalue weighted by atomic mass is 35.5. The lowest BCUT2D eigenvalue weighted by atomic mass is 10.0. The van der Waals surface area contributed by atoms with Gasteiger partial charge in [0.15, 0.2) is 5.15 Å². The number of fused-ring (bicyclic) bond motifs is 1. The third kappa shape index (κ3) is 3.20. The van der Waals surface area contributed by atoms with Crippen LogP contribution >= 0.6 is 23.2 Å². The molecule has 24 heavy (non-hydrogen) atoms. The Morgan fingerprint density at radius 3 is 2.67 bits per heavy atom. The first kappa shape index (κ1) is 16.7. The van der Waals surface area contributed by atoms with E-state index in [-0.39, 0.29) is 5.15 Å². The SMILES string of the molecule is CS(=O)Nc1cc(-c2ccc3ncc(C#N)c(Cl)c3c2)cnc1Cl. The van der Waals surface area contributed by atoms with Crippen LogP contribution in [0.3, 0.4) is 0 Å². The topological polar surface area (TPSA) is 78.7 Å². The fourth-order valence-electron chi connectivity index (χ4n) is 2.25. The summed E-state index contributed by atoms with van der Waals surface area (Å²) in [5.41, 5.74) is 3.09. The molecule has 2 heterocycles. The molecule has 0 aliphatic heterocycles. The van der Waals surface area contributed by atoms with Crippen LogP contribution in [-0.2, 0) is 11.0 Å². The van der Waals surface area contributed by atoms with Gasteiger partial charge in [0, 0.05) is 29.6 Å². The van der Waals surface area contributed by atoms with E-state index >= 15 is 0 Å². The maximum atomic E-state index is 11.4. The molecule has 0 bridgehead atoms. The molecule has 3 rings (SSSR count). The van der Waals surface area contributed by atoms with Gasteiger partial charge in [0.1, 0.15) is 17.1 Å². The maximum absolute atomic E-state index is 11.4. The van der Waals surface area contributed by atoms with E-state index in [2.05, 4.69) is 14.7 Å². The lowest BCUT2D eigenvalue weighted by molar-refractivity contribution is 0.690. The first-order chi connectivity index (χ1) is 11.5. The molecule has 5 nitrogen and oxygen atoms in total. The molecule has 2 aromatic heterocycles. The summed E-state index contributed by atoms with van der Waals surface area (Å²) in [4.78, 5) is 8.33. The first-order valence-electron chi connectivity index (χ1n) is 6.74. The van der Waals surface area contributed by atoms with E-state index < -0.39 is 11.0 Å². The molecule has 1 unspecified atom stereocenters. The van der Waals surface area contributed by atoms with Crippen LogP contribution in [0.2, 0.25) is 10.2 Å². The van der Waals surface area contributed by atoms with E-state index in [4.69, 9.17) is 28.5 Å². The van der Waals surface area contributed by atoms with Gasteiger partial charge in [-0.15, -0.1) is 0 Å². The molecule has 3 aromatic rings. The number of nitriles is 1. The van der Waals surface area contributed by atoms with Crippen molar-refractivity contribution in [2.45, 2.75) is 0 Å². The van der Waals surface area contributed by atoms with Crippen LogP contribution in [0.4, 0.5) is 5.69 Å². The Hall–Kier alpha value is -2.20. The molecule has 0 aliphatic carbocycles. The summed E-state index contributed by atoms with van der Waals surface area (Å²) in [7, 11) is -1.26. The van der Waals surface area contributed by atoms with Crippen LogP contribution in [0.15, 0.2) is 36.7 Å². The predicted molar refractivity (Wildman–Crippen MR) is 97.4 cm³/mol. The first-order valence-corrected chi connectivity index (χ1v) is 9.05. The summed E-state index contributed by atoms with van der Waals surface area (Å²) in [6, 6.07) is 9.30. The third-order valence-electron chi connectivity index (χ3n) is 3.35. The van der Waals surface area contributed by atoms with Crippen molar-refractivity contribution in [3.63, 3.8) is 0 Å². The van der Waals surface area contributed by atoms with Gasteiger partial charge in [0.05, 0.1) is 21.8 Å². The number of benzene rings is 1. The van der Waals surface area contributed by atoms with Crippen molar-refractivity contribution in [1.82, 2.24) is 9.97 Å². The highest BCUT2D eigenvalue weighted by Gasteiger charge is 2.10. The highest BCUT2D eigenvalue weighted by Crippen LogP contribution is 2.32. The summed E-state index contributed by atoms with van der Waals surface area (Å²) in [5, 5.41) is 10.4. The van der Waals surface area contributed by atoms with Crippen molar-refractivity contribution < 1.29 is 4.21 Å². The number of hydrogen-bond acceptors (Lipinski definition) is 4. The van der Waals surface area contributed by atoms with E-state index in [1.807, 2.05) is 24.3 Å². The molecular weight excluding hydrogens is 367 g/mol. The summed E-state index contributed by atoms with van der Waals surface area (Å²) in [6.45, 7) is 0. The van der Waals surface area contributed by atoms with Crippen LogP contribution in [0.1, 0.15) is 5.56 Å². The number of halogens is 2. The van der Waals surface area contributed by atoms with Gasteiger partial charge in [0.2, 0.25) is 0 Å². The van der Waals surface area contributed by atoms with Crippen LogP contribution in [0.25, 0.3) is 22.0 Å². The summed E-state index contributed by atoms with van der Waals surface area (Å²) < 4.78 is 14.1. The van der Waals surface area contributed by atoms with E-state index in [1.165, 1.54) is 12.5 Å². The molecule has 0 aliphatic rings. The summed E-state index contributed by atoms with van der Waals surface area (Å²) in [6.07, 6.45) is 4.57. The zero-order valence-electron chi connectivity index (χ0n) is 12.4. The number of hydrogen-bond donors (Lipinski definition) is 1. The average Bonchev–Trinajstić information content (AvgIpc) is 2.57. The van der Waals surface area contributed by atoms with Crippen LogP contribution < -0.4 is 4.72 Å². The molecule has 120 valence electrons. The molecule has 0 saturated heterocycles. The van der Waals surface area contributed by atoms with Crippen molar-refractivity contribution in [3.8, 4) is 17.2 Å². The lowest BCUT2D eigenvalue weighted by Gasteiger charge is -2.09. The largest absolute Gasteiger partial charge is 0.302 e. The molecule has 8 heteroatoms. The Bertz CT molecular complexity index is 1020. The second-order valence-electron chi connectivity index (χ2n) is 4.95. The zero-order chi connectivity index (χ0) is 17.3. The summed E-state index contributed by atoms with van der Waals surface area (Å²) >= 11 is 12.3. The predicted octanol–water partition coefficient (Wildman–Crippen LogP) is 4.18. The molecule has 0 fully saturated rings. The second kappa shape index (κ2) is 6.73. The Balaban J connectivity index is 2.14. The van der Waals surface area contributed by atoms with Gasteiger partial charge in [-0.2, -0.15) is 5.26 Å². The van der Waals surface area contributed by atoms with E-state index in [9.17, 15) is 4.21 Å². The van der Waals surface area contributed by atoms with E-state index in [1.54, 1.807) is 12.3 Å². The Labute approximate surface area is 150 Å². The molecule has 1 atom stereocenters. The Morgan fingerprint density at radius 1 is 1.17 bits per heavy atom. The van der Waals surface area contributed by atoms with Crippen molar-refractivity contribution in [2.75, 3.05) is 11.0 Å². The standard InChI is InChI=1S/C16H10Cl2N4OS/c1-24(23)22-14-5-10(7-21-16(14)18)9-2-3-13-12(4-9)15(17)11(6-19)8-20-13/h2-5,7-8,22H,1H3. The lowest BCUT2D eigenvalue weighted by Crippen LogP contribution is -2.02. The van der Waals surface area contributed by atoms with E-state index in [0.29, 0.717) is 27.2 Å². The minimum atomic E-state index is -1.26.